The summed E-state index contributed by atoms with van der Waals surface area (Å²) in [4.78, 5) is 24.5. The van der Waals surface area contributed by atoms with Gasteiger partial charge >= 0.3 is 5.97 Å². The normalized spacial score (nSPS) is 22.9. The number of para-hydroxylation sites is 2. The number of aliphatic hydroxyl groups excluding tert-OH is 1. The Kier molecular flexibility index (Phi) is 9.17. The third-order valence-corrected chi connectivity index (χ3v) is 6.53. The Hall–Kier alpha value is -1.75. The molecule has 1 aliphatic heterocycles. The first-order chi connectivity index (χ1) is 16.2. The minimum absolute atomic E-state index is 0. The van der Waals surface area contributed by atoms with Crippen molar-refractivity contribution in [3.63, 3.8) is 0 Å². The minimum atomic E-state index is -1.42. The molecule has 0 spiro atoms. The average molecular weight is 696 g/mol. The number of benzene rings is 2. The number of Topliss-reactive ketones (excluding diaryl/α,β-unsaturated/α-hetero) is 1. The Labute approximate surface area is 240 Å². The zero-order chi connectivity index (χ0) is 24.5. The van der Waals surface area contributed by atoms with Gasteiger partial charge in [-0.15, -0.1) is 0 Å². The SMILES string of the molecule is COC(=O)CCc1cccc2c1O[C@H]1C[C@@H](O)[C@H](/C=C(\F)C(=O)C(C)(C)Oc3ccccc3)[C@@H]21.[Ac]. The predicted molar refractivity (Wildman–Crippen MR) is 123 cm³/mol. The molecule has 0 aromatic heterocycles. The molecule has 2 aromatic carbocycles. The maximum absolute atomic E-state index is 15.2. The molecule has 4 rings (SSSR count). The van der Waals surface area contributed by atoms with Crippen molar-refractivity contribution in [2.45, 2.75) is 56.8 Å². The summed E-state index contributed by atoms with van der Waals surface area (Å²) in [7, 11) is 1.35. The van der Waals surface area contributed by atoms with E-state index in [4.69, 9.17) is 14.2 Å². The molecule has 1 heterocycles. The molecule has 0 saturated heterocycles. The molecule has 8 heteroatoms. The van der Waals surface area contributed by atoms with Crippen molar-refractivity contribution in [1.29, 1.82) is 0 Å². The molecule has 35 heavy (non-hydrogen) atoms. The Balaban J connectivity index is 0.00000342. The van der Waals surface area contributed by atoms with Gasteiger partial charge in [-0.1, -0.05) is 36.4 Å². The van der Waals surface area contributed by atoms with Crippen LogP contribution >= 0.6 is 0 Å². The van der Waals surface area contributed by atoms with Crippen LogP contribution in [0.15, 0.2) is 60.4 Å². The van der Waals surface area contributed by atoms with Gasteiger partial charge in [0.15, 0.2) is 11.4 Å². The van der Waals surface area contributed by atoms with Crippen LogP contribution in [0.3, 0.4) is 0 Å². The number of esters is 1. The second kappa shape index (κ2) is 11.5. The molecule has 4 atom stereocenters. The Morgan fingerprint density at radius 1 is 1.17 bits per heavy atom. The van der Waals surface area contributed by atoms with E-state index in [0.717, 1.165) is 11.1 Å². The van der Waals surface area contributed by atoms with Gasteiger partial charge in [-0.25, -0.2) is 4.39 Å². The number of aryl methyl sites for hydroxylation is 1. The summed E-state index contributed by atoms with van der Waals surface area (Å²) >= 11 is 0. The number of carbonyl (C=O) groups is 2. The minimum Gasteiger partial charge on any atom is -0.489 e. The van der Waals surface area contributed by atoms with Crippen molar-refractivity contribution < 1.29 is 77.4 Å². The van der Waals surface area contributed by atoms with Crippen molar-refractivity contribution in [3.05, 3.63) is 71.6 Å². The number of ketones is 1. The second-order valence-electron chi connectivity index (χ2n) is 9.24. The van der Waals surface area contributed by atoms with Gasteiger partial charge in [-0.3, -0.25) is 9.59 Å². The molecular formula is C27H29AcFO6. The van der Waals surface area contributed by atoms with Gasteiger partial charge in [0.1, 0.15) is 17.6 Å². The number of halogens is 1. The van der Waals surface area contributed by atoms with Gasteiger partial charge in [0, 0.05) is 74.3 Å². The first-order valence-corrected chi connectivity index (χ1v) is 11.4. The van der Waals surface area contributed by atoms with E-state index in [0.29, 0.717) is 24.3 Å². The van der Waals surface area contributed by atoms with Gasteiger partial charge in [0.05, 0.1) is 13.2 Å². The van der Waals surface area contributed by atoms with E-state index in [1.807, 2.05) is 24.3 Å². The van der Waals surface area contributed by atoms with Crippen LogP contribution in [0.5, 0.6) is 11.5 Å². The third-order valence-electron chi connectivity index (χ3n) is 6.53. The van der Waals surface area contributed by atoms with Gasteiger partial charge in [-0.05, 0) is 44.0 Å². The van der Waals surface area contributed by atoms with Crippen LogP contribution < -0.4 is 9.47 Å². The number of fused-ring (bicyclic) bond motifs is 3. The molecule has 1 aliphatic carbocycles. The number of aliphatic hydroxyl groups is 1. The summed E-state index contributed by atoms with van der Waals surface area (Å²) in [5, 5.41) is 10.7. The maximum atomic E-state index is 15.2. The van der Waals surface area contributed by atoms with Crippen LogP contribution in [0.2, 0.25) is 0 Å². The molecule has 0 unspecified atom stereocenters. The van der Waals surface area contributed by atoms with E-state index in [1.54, 1.807) is 24.3 Å². The number of hydrogen-bond acceptors (Lipinski definition) is 6. The van der Waals surface area contributed by atoms with Crippen molar-refractivity contribution in [2.75, 3.05) is 7.11 Å². The van der Waals surface area contributed by atoms with Crippen molar-refractivity contribution in [1.82, 2.24) is 0 Å². The van der Waals surface area contributed by atoms with Gasteiger partial charge in [0.2, 0.25) is 5.78 Å². The standard InChI is InChI=1S/C27H29FO6.Ac/c1-27(2,34-17-9-5-4-6-10-17)26(31)20(28)14-19-21(29)15-22-24(19)18-11-7-8-16(25(18)33-22)12-13-23(30)32-3;/h4-11,14,19,21-22,24,29H,12-13,15H2,1-3H3;/b20-14-;/t19-,21+,22-,24+;/m0./s1. The molecule has 1 fully saturated rings. The molecule has 0 bridgehead atoms. The molecule has 183 valence electrons. The number of hydrogen-bond donors (Lipinski definition) is 1. The zero-order valence-electron chi connectivity index (χ0n) is 20.1. The number of ether oxygens (including phenoxy) is 3. The number of rotatable bonds is 8. The molecule has 2 aromatic rings. The summed E-state index contributed by atoms with van der Waals surface area (Å²) in [5.74, 6) is -1.83. The zero-order valence-corrected chi connectivity index (χ0v) is 24.8. The van der Waals surface area contributed by atoms with Gasteiger partial charge in [-0.2, -0.15) is 0 Å². The first-order valence-electron chi connectivity index (χ1n) is 11.4. The molecular weight excluding hydrogens is 666 g/mol. The number of carbonyl (C=O) groups excluding carboxylic acids is 2. The Bertz CT molecular complexity index is 1100. The van der Waals surface area contributed by atoms with Crippen molar-refractivity contribution >= 4 is 11.8 Å². The predicted octanol–water partition coefficient (Wildman–Crippen LogP) is 4.30. The topological polar surface area (TPSA) is 82.1 Å². The monoisotopic (exact) mass is 695 g/mol. The second-order valence-corrected chi connectivity index (χ2v) is 9.24. The summed E-state index contributed by atoms with van der Waals surface area (Å²) < 4.78 is 31.8. The van der Waals surface area contributed by atoms with Crippen LogP contribution in [-0.4, -0.2) is 41.8 Å². The van der Waals surface area contributed by atoms with E-state index >= 15 is 4.39 Å². The Morgan fingerprint density at radius 2 is 1.89 bits per heavy atom. The van der Waals surface area contributed by atoms with Crippen molar-refractivity contribution in [2.24, 2.45) is 5.92 Å². The van der Waals surface area contributed by atoms with E-state index in [9.17, 15) is 14.7 Å². The number of methoxy groups -OCH3 is 1. The summed E-state index contributed by atoms with van der Waals surface area (Å²) in [5.41, 5.74) is 0.296. The first kappa shape index (κ1) is 27.8. The Morgan fingerprint density at radius 3 is 2.57 bits per heavy atom. The summed E-state index contributed by atoms with van der Waals surface area (Å²) in [6, 6.07) is 14.4. The van der Waals surface area contributed by atoms with E-state index in [2.05, 4.69) is 0 Å². The molecule has 1 N–H and O–H groups in total. The van der Waals surface area contributed by atoms with Crippen molar-refractivity contribution in [3.8, 4) is 11.5 Å². The quantitative estimate of drug-likeness (QED) is 0.328. The van der Waals surface area contributed by atoms with E-state index < -0.39 is 29.2 Å². The molecule has 6 nitrogen and oxygen atoms in total. The fourth-order valence-electron chi connectivity index (χ4n) is 4.83. The van der Waals surface area contributed by atoms with Gasteiger partial charge in [0.25, 0.3) is 0 Å². The van der Waals surface area contributed by atoms with Gasteiger partial charge < -0.3 is 19.3 Å². The van der Waals surface area contributed by atoms with E-state index in [-0.39, 0.29) is 68.5 Å². The third kappa shape index (κ3) is 5.98. The summed E-state index contributed by atoms with van der Waals surface area (Å²) in [6.45, 7) is 3.04. The fraction of sp³-hybridized carbons (Fsp3) is 0.407. The molecule has 0 amide bonds. The average Bonchev–Trinajstić information content (AvgIpc) is 3.32. The summed E-state index contributed by atoms with van der Waals surface area (Å²) in [6.07, 6.45) is 1.03. The molecule has 2 aliphatic rings. The van der Waals surface area contributed by atoms with E-state index in [1.165, 1.54) is 27.0 Å². The molecule has 1 radical (unpaired) electrons. The smallest absolute Gasteiger partial charge is 0.305 e. The largest absolute Gasteiger partial charge is 0.489 e. The van der Waals surface area contributed by atoms with Crippen LogP contribution in [0.25, 0.3) is 0 Å². The van der Waals surface area contributed by atoms with Crippen LogP contribution in [0, 0.1) is 50.0 Å². The maximum Gasteiger partial charge on any atom is 0.305 e. The molecule has 1 saturated carbocycles. The fourth-order valence-corrected chi connectivity index (χ4v) is 4.83. The van der Waals surface area contributed by atoms with Crippen LogP contribution in [-0.2, 0) is 20.7 Å². The van der Waals surface area contributed by atoms with Crippen LogP contribution in [0.4, 0.5) is 4.39 Å². The van der Waals surface area contributed by atoms with Crippen LogP contribution in [0.1, 0.15) is 43.7 Å².